The second-order valence-corrected chi connectivity index (χ2v) is 7.11. The van der Waals surface area contributed by atoms with Gasteiger partial charge < -0.3 is 20.9 Å². The van der Waals surface area contributed by atoms with Gasteiger partial charge in [-0.05, 0) is 24.7 Å². The van der Waals surface area contributed by atoms with Gasteiger partial charge in [-0.1, -0.05) is 20.8 Å². The first-order valence-electron chi connectivity index (χ1n) is 7.49. The molecule has 1 unspecified atom stereocenters. The lowest BCUT2D eigenvalue weighted by Crippen LogP contribution is -2.50. The third-order valence-electron chi connectivity index (χ3n) is 4.04. The maximum atomic E-state index is 12.4. The van der Waals surface area contributed by atoms with Crippen molar-refractivity contribution in [2.24, 2.45) is 22.5 Å². The first-order chi connectivity index (χ1) is 9.70. The summed E-state index contributed by atoms with van der Waals surface area (Å²) in [4.78, 5) is 23.7. The van der Waals surface area contributed by atoms with Crippen LogP contribution in [0.3, 0.4) is 0 Å². The summed E-state index contributed by atoms with van der Waals surface area (Å²) in [6, 6.07) is 0. The molecular weight excluding hydrogens is 272 g/mol. The highest BCUT2D eigenvalue weighted by atomic mass is 16.5. The van der Waals surface area contributed by atoms with Gasteiger partial charge in [0.05, 0.1) is 11.3 Å². The molecule has 21 heavy (non-hydrogen) atoms. The van der Waals surface area contributed by atoms with Gasteiger partial charge in [-0.15, -0.1) is 0 Å². The van der Waals surface area contributed by atoms with E-state index in [1.165, 1.54) is 0 Å². The average molecular weight is 300 g/mol. The lowest BCUT2D eigenvalue weighted by molar-refractivity contribution is -0.143. The summed E-state index contributed by atoms with van der Waals surface area (Å²) in [5.41, 5.74) is 5.07. The van der Waals surface area contributed by atoms with Crippen LogP contribution < -0.4 is 11.1 Å². The van der Waals surface area contributed by atoms with Crippen molar-refractivity contribution in [3.05, 3.63) is 0 Å². The average Bonchev–Trinajstić information content (AvgIpc) is 2.42. The minimum absolute atomic E-state index is 0.0992. The van der Waals surface area contributed by atoms with Gasteiger partial charge in [-0.2, -0.15) is 0 Å². The Kier molecular flexibility index (Phi) is 6.16. The van der Waals surface area contributed by atoms with E-state index in [9.17, 15) is 14.7 Å². The summed E-state index contributed by atoms with van der Waals surface area (Å²) in [7, 11) is 0. The summed E-state index contributed by atoms with van der Waals surface area (Å²) in [6.07, 6.45) is 1.69. The highest BCUT2D eigenvalue weighted by Crippen LogP contribution is 2.30. The summed E-state index contributed by atoms with van der Waals surface area (Å²) < 4.78 is 5.28. The van der Waals surface area contributed by atoms with E-state index in [0.717, 1.165) is 0 Å². The number of rotatable bonds is 6. The largest absolute Gasteiger partial charge is 0.481 e. The normalized spacial score (nSPS) is 19.8. The van der Waals surface area contributed by atoms with Crippen LogP contribution in [0.4, 0.5) is 0 Å². The van der Waals surface area contributed by atoms with Crippen LogP contribution in [-0.4, -0.2) is 43.3 Å². The van der Waals surface area contributed by atoms with Crippen molar-refractivity contribution in [2.75, 3.05) is 26.3 Å². The molecule has 0 aromatic rings. The van der Waals surface area contributed by atoms with Crippen molar-refractivity contribution in [3.8, 4) is 0 Å². The fraction of sp³-hybridized carbons (Fsp3) is 0.867. The van der Waals surface area contributed by atoms with Crippen molar-refractivity contribution in [1.82, 2.24) is 5.32 Å². The SMILES string of the molecule is CC(C)(C)CC(CNC(=O)C1(CN)CCOCC1)C(=O)O. The minimum atomic E-state index is -0.876. The van der Waals surface area contributed by atoms with Crippen LogP contribution in [0.15, 0.2) is 0 Å². The number of carboxylic acids is 1. The second-order valence-electron chi connectivity index (χ2n) is 7.11. The van der Waals surface area contributed by atoms with Gasteiger partial charge in [0, 0.05) is 26.3 Å². The molecule has 0 aliphatic carbocycles. The number of hydrogen-bond donors (Lipinski definition) is 3. The molecular formula is C15H28N2O4. The third kappa shape index (κ3) is 5.28. The fourth-order valence-electron chi connectivity index (χ4n) is 2.68. The Morgan fingerprint density at radius 2 is 1.90 bits per heavy atom. The Labute approximate surface area is 126 Å². The van der Waals surface area contributed by atoms with Crippen molar-refractivity contribution in [1.29, 1.82) is 0 Å². The predicted molar refractivity (Wildman–Crippen MR) is 79.7 cm³/mol. The highest BCUT2D eigenvalue weighted by molar-refractivity contribution is 5.83. The predicted octanol–water partition coefficient (Wildman–Crippen LogP) is 0.995. The molecule has 1 saturated heterocycles. The molecule has 6 heteroatoms. The smallest absolute Gasteiger partial charge is 0.308 e. The number of carbonyl (C=O) groups excluding carboxylic acids is 1. The number of nitrogens with one attached hydrogen (secondary N) is 1. The summed E-state index contributed by atoms with van der Waals surface area (Å²) in [5, 5.41) is 12.1. The van der Waals surface area contributed by atoms with Gasteiger partial charge in [-0.3, -0.25) is 9.59 Å². The topological polar surface area (TPSA) is 102 Å². The maximum Gasteiger partial charge on any atom is 0.308 e. The van der Waals surface area contributed by atoms with Crippen LogP contribution in [0.1, 0.15) is 40.0 Å². The van der Waals surface area contributed by atoms with Crippen molar-refractivity contribution >= 4 is 11.9 Å². The molecule has 4 N–H and O–H groups in total. The molecule has 0 bridgehead atoms. The molecule has 0 spiro atoms. The summed E-state index contributed by atoms with van der Waals surface area (Å²) >= 11 is 0. The number of carbonyl (C=O) groups is 2. The lowest BCUT2D eigenvalue weighted by Gasteiger charge is -2.35. The molecule has 1 amide bonds. The zero-order valence-electron chi connectivity index (χ0n) is 13.3. The van der Waals surface area contributed by atoms with Crippen LogP contribution in [0.25, 0.3) is 0 Å². The van der Waals surface area contributed by atoms with Gasteiger partial charge in [-0.25, -0.2) is 0 Å². The third-order valence-corrected chi connectivity index (χ3v) is 4.04. The Hall–Kier alpha value is -1.14. The van der Waals surface area contributed by atoms with Crippen LogP contribution in [-0.2, 0) is 14.3 Å². The van der Waals surface area contributed by atoms with Gasteiger partial charge in [0.2, 0.25) is 5.91 Å². The van der Waals surface area contributed by atoms with E-state index in [-0.39, 0.29) is 24.4 Å². The number of hydrogen-bond acceptors (Lipinski definition) is 4. The van der Waals surface area contributed by atoms with Crippen molar-refractivity contribution in [3.63, 3.8) is 0 Å². The number of nitrogens with two attached hydrogens (primary N) is 1. The molecule has 0 aromatic heterocycles. The van der Waals surface area contributed by atoms with Crippen LogP contribution >= 0.6 is 0 Å². The number of carboxylic acid groups (broad SMARTS) is 1. The molecule has 1 aliphatic heterocycles. The number of aliphatic carboxylic acids is 1. The van der Waals surface area contributed by atoms with E-state index in [0.29, 0.717) is 32.5 Å². The number of amides is 1. The molecule has 0 aromatic carbocycles. The van der Waals surface area contributed by atoms with E-state index < -0.39 is 17.3 Å². The Bertz CT molecular complexity index is 370. The maximum absolute atomic E-state index is 12.4. The van der Waals surface area contributed by atoms with Crippen molar-refractivity contribution < 1.29 is 19.4 Å². The van der Waals surface area contributed by atoms with E-state index in [2.05, 4.69) is 5.32 Å². The fourth-order valence-corrected chi connectivity index (χ4v) is 2.68. The molecule has 0 radical (unpaired) electrons. The number of ether oxygens (including phenoxy) is 1. The molecule has 1 rings (SSSR count). The summed E-state index contributed by atoms with van der Waals surface area (Å²) in [5.74, 6) is -1.60. The molecule has 6 nitrogen and oxygen atoms in total. The van der Waals surface area contributed by atoms with E-state index in [1.807, 2.05) is 20.8 Å². The second kappa shape index (κ2) is 7.22. The Morgan fingerprint density at radius 1 is 1.33 bits per heavy atom. The van der Waals surface area contributed by atoms with Gasteiger partial charge in [0.25, 0.3) is 0 Å². The summed E-state index contributed by atoms with van der Waals surface area (Å²) in [6.45, 7) is 7.43. The first-order valence-corrected chi connectivity index (χ1v) is 7.49. The standard InChI is InChI=1S/C15H28N2O4/c1-14(2,3)8-11(12(18)19)9-17-13(20)15(10-16)4-6-21-7-5-15/h11H,4-10,16H2,1-3H3,(H,17,20)(H,18,19). The minimum Gasteiger partial charge on any atom is -0.481 e. The van der Waals surface area contributed by atoms with Crippen LogP contribution in [0.5, 0.6) is 0 Å². The van der Waals surface area contributed by atoms with E-state index >= 15 is 0 Å². The van der Waals surface area contributed by atoms with Crippen LogP contribution in [0, 0.1) is 16.7 Å². The van der Waals surface area contributed by atoms with Crippen molar-refractivity contribution in [2.45, 2.75) is 40.0 Å². The monoisotopic (exact) mass is 300 g/mol. The molecule has 1 heterocycles. The Morgan fingerprint density at radius 3 is 2.33 bits per heavy atom. The zero-order valence-corrected chi connectivity index (χ0v) is 13.3. The highest BCUT2D eigenvalue weighted by Gasteiger charge is 2.39. The van der Waals surface area contributed by atoms with E-state index in [1.54, 1.807) is 0 Å². The Balaban J connectivity index is 2.62. The van der Waals surface area contributed by atoms with E-state index in [4.69, 9.17) is 10.5 Å². The van der Waals surface area contributed by atoms with Crippen LogP contribution in [0.2, 0.25) is 0 Å². The quantitative estimate of drug-likeness (QED) is 0.679. The zero-order chi connectivity index (χ0) is 16.1. The molecule has 0 saturated carbocycles. The lowest BCUT2D eigenvalue weighted by atomic mass is 9.79. The van der Waals surface area contributed by atoms with Gasteiger partial charge >= 0.3 is 5.97 Å². The molecule has 1 atom stereocenters. The molecule has 1 fully saturated rings. The molecule has 122 valence electrons. The van der Waals surface area contributed by atoms with Gasteiger partial charge in [0.1, 0.15) is 0 Å². The van der Waals surface area contributed by atoms with Gasteiger partial charge in [0.15, 0.2) is 0 Å². The first kappa shape index (κ1) is 17.9. The molecule has 1 aliphatic rings.